The van der Waals surface area contributed by atoms with Gasteiger partial charge in [-0.1, -0.05) is 15.9 Å². The lowest BCUT2D eigenvalue weighted by Crippen LogP contribution is -2.38. The molecule has 0 heterocycles. The number of nitro groups is 1. The molecule has 1 saturated carbocycles. The average Bonchev–Trinajstić information content (AvgIpc) is 2.97. The molecule has 0 spiro atoms. The van der Waals surface area contributed by atoms with Crippen LogP contribution in [-0.4, -0.2) is 16.6 Å². The molecule has 1 N–H and O–H groups in total. The lowest BCUT2D eigenvalue weighted by molar-refractivity contribution is -0.384. The maximum absolute atomic E-state index is 12.8. The van der Waals surface area contributed by atoms with Crippen molar-refractivity contribution in [1.29, 1.82) is 0 Å². The van der Waals surface area contributed by atoms with E-state index in [1.807, 2.05) is 0 Å². The fourth-order valence-corrected chi connectivity index (χ4v) is 1.99. The Morgan fingerprint density at radius 2 is 2.00 bits per heavy atom. The van der Waals surface area contributed by atoms with Crippen molar-refractivity contribution in [3.63, 3.8) is 0 Å². The Bertz CT molecular complexity index is 500. The van der Waals surface area contributed by atoms with Crippen LogP contribution >= 0.6 is 15.9 Å². The monoisotopic (exact) mass is 324 g/mol. The first-order chi connectivity index (χ1) is 8.25. The van der Waals surface area contributed by atoms with Gasteiger partial charge in [0.05, 0.1) is 4.92 Å². The van der Waals surface area contributed by atoms with Gasteiger partial charge in [-0.3, -0.25) is 10.1 Å². The molecule has 0 saturated heterocycles. The van der Waals surface area contributed by atoms with Gasteiger partial charge in [-0.15, -0.1) is 0 Å². The van der Waals surface area contributed by atoms with Crippen LogP contribution in [0, 0.1) is 10.1 Å². The largest absolute Gasteiger partial charge is 0.411 e. The fourth-order valence-electron chi connectivity index (χ4n) is 1.63. The second kappa shape index (κ2) is 4.11. The van der Waals surface area contributed by atoms with Crippen LogP contribution in [-0.2, 0) is 0 Å². The van der Waals surface area contributed by atoms with Crippen molar-refractivity contribution in [2.45, 2.75) is 24.6 Å². The van der Waals surface area contributed by atoms with Crippen LogP contribution in [0.2, 0.25) is 0 Å². The molecule has 0 amide bonds. The van der Waals surface area contributed by atoms with Gasteiger partial charge in [-0.25, -0.2) is 0 Å². The number of hydrogen-bond donors (Lipinski definition) is 1. The zero-order valence-corrected chi connectivity index (χ0v) is 10.5. The van der Waals surface area contributed by atoms with E-state index in [1.165, 1.54) is 18.2 Å². The van der Waals surface area contributed by atoms with Crippen LogP contribution in [0.15, 0.2) is 22.7 Å². The third kappa shape index (κ3) is 2.29. The molecule has 0 bridgehead atoms. The summed E-state index contributed by atoms with van der Waals surface area (Å²) >= 11 is 3.08. The second-order valence-corrected chi connectivity index (χ2v) is 5.04. The summed E-state index contributed by atoms with van der Waals surface area (Å²) in [6, 6.07) is 3.86. The maximum Gasteiger partial charge on any atom is 0.411 e. The lowest BCUT2D eigenvalue weighted by Gasteiger charge is -2.21. The molecule has 8 heteroatoms. The topological polar surface area (TPSA) is 55.2 Å². The molecule has 0 aliphatic heterocycles. The van der Waals surface area contributed by atoms with Gasteiger partial charge in [0, 0.05) is 10.5 Å². The predicted octanol–water partition coefficient (Wildman–Crippen LogP) is 3.86. The lowest BCUT2D eigenvalue weighted by atomic mass is 10.2. The SMILES string of the molecule is O=[N+]([O-])c1ccc(Br)cc1NC1(C(F)(F)F)CC1. The molecule has 1 aliphatic carbocycles. The fraction of sp³-hybridized carbons (Fsp3) is 0.400. The molecule has 1 aliphatic rings. The van der Waals surface area contributed by atoms with Gasteiger partial charge in [0.15, 0.2) is 0 Å². The van der Waals surface area contributed by atoms with Crippen molar-refractivity contribution in [2.24, 2.45) is 0 Å². The number of alkyl halides is 3. The van der Waals surface area contributed by atoms with E-state index >= 15 is 0 Å². The van der Waals surface area contributed by atoms with E-state index in [9.17, 15) is 23.3 Å². The highest BCUT2D eigenvalue weighted by Crippen LogP contribution is 2.52. The zero-order valence-electron chi connectivity index (χ0n) is 8.92. The van der Waals surface area contributed by atoms with Crippen LogP contribution < -0.4 is 5.32 Å². The number of nitro benzene ring substituents is 1. The third-order valence-corrected chi connectivity index (χ3v) is 3.32. The molecule has 0 aromatic heterocycles. The van der Waals surface area contributed by atoms with E-state index in [0.29, 0.717) is 4.47 Å². The summed E-state index contributed by atoms with van der Waals surface area (Å²) in [5.41, 5.74) is -2.50. The Kier molecular flexibility index (Phi) is 3.00. The van der Waals surface area contributed by atoms with E-state index in [0.717, 1.165) is 0 Å². The zero-order chi connectivity index (χ0) is 13.6. The van der Waals surface area contributed by atoms with E-state index in [1.54, 1.807) is 0 Å². The minimum Gasteiger partial charge on any atom is -0.366 e. The summed E-state index contributed by atoms with van der Waals surface area (Å²) in [6.45, 7) is 0. The molecule has 18 heavy (non-hydrogen) atoms. The summed E-state index contributed by atoms with van der Waals surface area (Å²) in [4.78, 5) is 10.1. The quantitative estimate of drug-likeness (QED) is 0.678. The van der Waals surface area contributed by atoms with Gasteiger partial charge in [0.2, 0.25) is 0 Å². The number of rotatable bonds is 3. The van der Waals surface area contributed by atoms with Gasteiger partial charge < -0.3 is 5.32 Å². The van der Waals surface area contributed by atoms with Crippen molar-refractivity contribution >= 4 is 27.3 Å². The summed E-state index contributed by atoms with van der Waals surface area (Å²) in [5, 5.41) is 13.0. The van der Waals surface area contributed by atoms with Crippen LogP contribution in [0.1, 0.15) is 12.8 Å². The van der Waals surface area contributed by atoms with Crippen molar-refractivity contribution in [3.8, 4) is 0 Å². The molecule has 2 rings (SSSR count). The smallest absolute Gasteiger partial charge is 0.366 e. The van der Waals surface area contributed by atoms with Crippen LogP contribution in [0.3, 0.4) is 0 Å². The predicted molar refractivity (Wildman–Crippen MR) is 62.4 cm³/mol. The van der Waals surface area contributed by atoms with E-state index < -0.39 is 16.6 Å². The van der Waals surface area contributed by atoms with E-state index in [2.05, 4.69) is 21.2 Å². The van der Waals surface area contributed by atoms with E-state index in [-0.39, 0.29) is 24.2 Å². The summed E-state index contributed by atoms with van der Waals surface area (Å²) in [6.07, 6.45) is -4.55. The van der Waals surface area contributed by atoms with Gasteiger partial charge in [0.1, 0.15) is 11.2 Å². The molecule has 0 radical (unpaired) electrons. The van der Waals surface area contributed by atoms with Crippen molar-refractivity contribution in [1.82, 2.24) is 0 Å². The van der Waals surface area contributed by atoms with Crippen molar-refractivity contribution < 1.29 is 18.1 Å². The number of nitrogens with one attached hydrogen (secondary N) is 1. The van der Waals surface area contributed by atoms with Gasteiger partial charge in [-0.05, 0) is 25.0 Å². The highest BCUT2D eigenvalue weighted by atomic mass is 79.9. The first-order valence-electron chi connectivity index (χ1n) is 5.04. The molecule has 0 atom stereocenters. The Balaban J connectivity index is 2.35. The number of benzene rings is 1. The Labute approximate surface area is 108 Å². The second-order valence-electron chi connectivity index (χ2n) is 4.12. The molecule has 1 aromatic carbocycles. The van der Waals surface area contributed by atoms with Crippen molar-refractivity contribution in [3.05, 3.63) is 32.8 Å². The van der Waals surface area contributed by atoms with E-state index in [4.69, 9.17) is 0 Å². The molecule has 4 nitrogen and oxygen atoms in total. The van der Waals surface area contributed by atoms with Crippen LogP contribution in [0.4, 0.5) is 24.5 Å². The van der Waals surface area contributed by atoms with Gasteiger partial charge >= 0.3 is 6.18 Å². The number of halogens is 4. The molecular formula is C10H8BrF3N2O2. The number of anilines is 1. The number of nitrogens with zero attached hydrogens (tertiary/aromatic N) is 1. The van der Waals surface area contributed by atoms with Crippen molar-refractivity contribution in [2.75, 3.05) is 5.32 Å². The summed E-state index contributed by atoms with van der Waals surface area (Å²) in [5.74, 6) is 0. The highest BCUT2D eigenvalue weighted by Gasteiger charge is 2.63. The third-order valence-electron chi connectivity index (χ3n) is 2.82. The molecular weight excluding hydrogens is 317 g/mol. The average molecular weight is 325 g/mol. The molecule has 0 unspecified atom stereocenters. The first-order valence-corrected chi connectivity index (χ1v) is 5.83. The highest BCUT2D eigenvalue weighted by molar-refractivity contribution is 9.10. The van der Waals surface area contributed by atoms with Gasteiger partial charge in [-0.2, -0.15) is 13.2 Å². The standard InChI is InChI=1S/C10H8BrF3N2O2/c11-6-1-2-8(16(17)18)7(5-6)15-9(3-4-9)10(12,13)14/h1-2,5,15H,3-4H2. The summed E-state index contributed by atoms with van der Waals surface area (Å²) in [7, 11) is 0. The Morgan fingerprint density at radius 1 is 1.39 bits per heavy atom. The number of hydrogen-bond acceptors (Lipinski definition) is 3. The summed E-state index contributed by atoms with van der Waals surface area (Å²) < 4.78 is 38.8. The van der Waals surface area contributed by atoms with Crippen LogP contribution in [0.25, 0.3) is 0 Å². The molecule has 98 valence electrons. The maximum atomic E-state index is 12.8. The Morgan fingerprint density at radius 3 is 2.44 bits per heavy atom. The minimum atomic E-state index is -4.41. The van der Waals surface area contributed by atoms with Crippen LogP contribution in [0.5, 0.6) is 0 Å². The first kappa shape index (κ1) is 13.1. The molecule has 1 aromatic rings. The minimum absolute atomic E-state index is 0.0693. The van der Waals surface area contributed by atoms with Gasteiger partial charge in [0.25, 0.3) is 5.69 Å². The molecule has 1 fully saturated rings. The normalized spacial score (nSPS) is 17.3. The Hall–Kier alpha value is -1.31.